The number of hydrogen-bond donors (Lipinski definition) is 1. The summed E-state index contributed by atoms with van der Waals surface area (Å²) in [7, 11) is 1.84. The number of hydrogen-bond acceptors (Lipinski definition) is 3. The monoisotopic (exact) mass is 215 g/mol. The third-order valence-corrected chi connectivity index (χ3v) is 2.64. The molecule has 1 saturated heterocycles. The molecule has 0 unspecified atom stereocenters. The van der Waals surface area contributed by atoms with Crippen LogP contribution in [0.15, 0.2) is 0 Å². The standard InChI is InChI=1S/C9H17N3OS/c1-11-5-6-12(7-9(11)13)4-2-3-8(10)14/h2-7H2,1H3,(H2,10,14). The number of piperazine rings is 1. The van der Waals surface area contributed by atoms with Gasteiger partial charge in [0.25, 0.3) is 0 Å². The Balaban J connectivity index is 2.20. The molecule has 0 atom stereocenters. The molecule has 80 valence electrons. The van der Waals surface area contributed by atoms with Gasteiger partial charge in [0.2, 0.25) is 5.91 Å². The molecule has 0 saturated carbocycles. The first-order valence-electron chi connectivity index (χ1n) is 4.84. The van der Waals surface area contributed by atoms with Crippen molar-refractivity contribution >= 4 is 23.1 Å². The highest BCUT2D eigenvalue weighted by atomic mass is 32.1. The highest BCUT2D eigenvalue weighted by molar-refractivity contribution is 7.80. The molecule has 1 amide bonds. The second-order valence-electron chi connectivity index (χ2n) is 3.66. The van der Waals surface area contributed by atoms with Gasteiger partial charge < -0.3 is 10.6 Å². The predicted molar refractivity (Wildman–Crippen MR) is 60.1 cm³/mol. The van der Waals surface area contributed by atoms with Crippen LogP contribution in [0.2, 0.25) is 0 Å². The van der Waals surface area contributed by atoms with E-state index in [0.717, 1.165) is 32.5 Å². The van der Waals surface area contributed by atoms with Crippen LogP contribution in [0.4, 0.5) is 0 Å². The first-order chi connectivity index (χ1) is 6.59. The SMILES string of the molecule is CN1CCN(CCCC(N)=S)CC1=O. The third-order valence-electron chi connectivity index (χ3n) is 2.43. The summed E-state index contributed by atoms with van der Waals surface area (Å²) < 4.78 is 0. The number of carbonyl (C=O) groups excluding carboxylic acids is 1. The second-order valence-corrected chi connectivity index (χ2v) is 4.19. The summed E-state index contributed by atoms with van der Waals surface area (Å²) in [6.45, 7) is 3.23. The zero-order valence-corrected chi connectivity index (χ0v) is 9.35. The number of likely N-dealkylation sites (N-methyl/N-ethyl adjacent to an activating group) is 1. The Labute approximate surface area is 90.0 Å². The molecule has 0 aromatic rings. The molecule has 0 aromatic carbocycles. The van der Waals surface area contributed by atoms with Crippen LogP contribution < -0.4 is 5.73 Å². The fraction of sp³-hybridized carbons (Fsp3) is 0.778. The van der Waals surface area contributed by atoms with Crippen molar-refractivity contribution in [2.75, 3.05) is 33.2 Å². The van der Waals surface area contributed by atoms with Crippen LogP contribution in [0.3, 0.4) is 0 Å². The summed E-state index contributed by atoms with van der Waals surface area (Å²) in [5.41, 5.74) is 5.40. The zero-order valence-electron chi connectivity index (χ0n) is 8.53. The molecule has 1 aliphatic heterocycles. The van der Waals surface area contributed by atoms with Gasteiger partial charge in [0, 0.05) is 20.1 Å². The summed E-state index contributed by atoms with van der Waals surface area (Å²) in [5, 5.41) is 0. The third kappa shape index (κ3) is 3.59. The lowest BCUT2D eigenvalue weighted by Gasteiger charge is -2.31. The number of thiocarbonyl (C=S) groups is 1. The van der Waals surface area contributed by atoms with E-state index in [2.05, 4.69) is 4.90 Å². The van der Waals surface area contributed by atoms with Crippen LogP contribution in [-0.4, -0.2) is 53.9 Å². The van der Waals surface area contributed by atoms with Gasteiger partial charge in [0.1, 0.15) is 0 Å². The maximum Gasteiger partial charge on any atom is 0.236 e. The lowest BCUT2D eigenvalue weighted by molar-refractivity contribution is -0.134. The van der Waals surface area contributed by atoms with Crippen LogP contribution >= 0.6 is 12.2 Å². The first-order valence-corrected chi connectivity index (χ1v) is 5.25. The maximum absolute atomic E-state index is 11.3. The average Bonchev–Trinajstić information content (AvgIpc) is 2.10. The molecule has 5 heteroatoms. The number of amides is 1. The van der Waals surface area contributed by atoms with E-state index in [-0.39, 0.29) is 5.91 Å². The molecular weight excluding hydrogens is 198 g/mol. The molecule has 1 heterocycles. The van der Waals surface area contributed by atoms with Gasteiger partial charge in [0.15, 0.2) is 0 Å². The highest BCUT2D eigenvalue weighted by Gasteiger charge is 2.19. The molecule has 0 aliphatic carbocycles. The molecule has 1 fully saturated rings. The smallest absolute Gasteiger partial charge is 0.236 e. The minimum absolute atomic E-state index is 0.201. The van der Waals surface area contributed by atoms with E-state index in [1.165, 1.54) is 0 Å². The van der Waals surface area contributed by atoms with Gasteiger partial charge in [-0.1, -0.05) is 12.2 Å². The van der Waals surface area contributed by atoms with Crippen LogP contribution in [0, 0.1) is 0 Å². The molecule has 4 nitrogen and oxygen atoms in total. The first kappa shape index (κ1) is 11.4. The van der Waals surface area contributed by atoms with Crippen molar-refractivity contribution < 1.29 is 4.79 Å². The Morgan fingerprint density at radius 2 is 2.29 bits per heavy atom. The van der Waals surface area contributed by atoms with E-state index in [1.54, 1.807) is 4.90 Å². The molecule has 1 rings (SSSR count). The Morgan fingerprint density at radius 1 is 1.57 bits per heavy atom. The van der Waals surface area contributed by atoms with Crippen molar-refractivity contribution in [3.05, 3.63) is 0 Å². The zero-order chi connectivity index (χ0) is 10.6. The fourth-order valence-corrected chi connectivity index (χ4v) is 1.62. The fourth-order valence-electron chi connectivity index (χ4n) is 1.47. The van der Waals surface area contributed by atoms with Gasteiger partial charge in [-0.25, -0.2) is 0 Å². The van der Waals surface area contributed by atoms with Crippen LogP contribution in [-0.2, 0) is 4.79 Å². The maximum atomic E-state index is 11.3. The predicted octanol–water partition coefficient (Wildman–Crippen LogP) is -0.173. The molecule has 0 bridgehead atoms. The topological polar surface area (TPSA) is 49.6 Å². The minimum Gasteiger partial charge on any atom is -0.393 e. The number of carbonyl (C=O) groups is 1. The van der Waals surface area contributed by atoms with Crippen molar-refractivity contribution in [1.82, 2.24) is 9.80 Å². The lowest BCUT2D eigenvalue weighted by atomic mass is 10.2. The highest BCUT2D eigenvalue weighted by Crippen LogP contribution is 2.02. The van der Waals surface area contributed by atoms with Crippen molar-refractivity contribution in [3.8, 4) is 0 Å². The van der Waals surface area contributed by atoms with Crippen molar-refractivity contribution in [2.45, 2.75) is 12.8 Å². The Bertz CT molecular complexity index is 232. The van der Waals surface area contributed by atoms with E-state index >= 15 is 0 Å². The van der Waals surface area contributed by atoms with Gasteiger partial charge in [-0.3, -0.25) is 9.69 Å². The summed E-state index contributed by atoms with van der Waals surface area (Å²) >= 11 is 4.79. The summed E-state index contributed by atoms with van der Waals surface area (Å²) in [6, 6.07) is 0. The Morgan fingerprint density at radius 3 is 2.86 bits per heavy atom. The molecule has 0 aromatic heterocycles. The van der Waals surface area contributed by atoms with Crippen molar-refractivity contribution in [2.24, 2.45) is 5.73 Å². The van der Waals surface area contributed by atoms with Gasteiger partial charge in [-0.2, -0.15) is 0 Å². The molecule has 14 heavy (non-hydrogen) atoms. The summed E-state index contributed by atoms with van der Waals surface area (Å²) in [6.07, 6.45) is 1.72. The van der Waals surface area contributed by atoms with Gasteiger partial charge in [0.05, 0.1) is 11.5 Å². The quantitative estimate of drug-likeness (QED) is 0.661. The molecule has 1 aliphatic rings. The Kier molecular flexibility index (Phi) is 4.28. The van der Waals surface area contributed by atoms with Gasteiger partial charge in [-0.05, 0) is 19.4 Å². The normalized spacial score (nSPS) is 18.6. The number of nitrogens with zero attached hydrogens (tertiary/aromatic N) is 2. The second kappa shape index (κ2) is 5.26. The molecule has 2 N–H and O–H groups in total. The largest absolute Gasteiger partial charge is 0.393 e. The van der Waals surface area contributed by atoms with Gasteiger partial charge in [-0.15, -0.1) is 0 Å². The van der Waals surface area contributed by atoms with Crippen LogP contribution in [0.5, 0.6) is 0 Å². The summed E-state index contributed by atoms with van der Waals surface area (Å²) in [5.74, 6) is 0.201. The van der Waals surface area contributed by atoms with E-state index < -0.39 is 0 Å². The van der Waals surface area contributed by atoms with Crippen molar-refractivity contribution in [1.29, 1.82) is 0 Å². The van der Waals surface area contributed by atoms with E-state index in [1.807, 2.05) is 7.05 Å². The van der Waals surface area contributed by atoms with Crippen LogP contribution in [0.1, 0.15) is 12.8 Å². The van der Waals surface area contributed by atoms with E-state index in [4.69, 9.17) is 18.0 Å². The van der Waals surface area contributed by atoms with E-state index in [9.17, 15) is 4.79 Å². The summed E-state index contributed by atoms with van der Waals surface area (Å²) in [4.78, 5) is 15.8. The Hall–Kier alpha value is -0.680. The van der Waals surface area contributed by atoms with Crippen LogP contribution in [0.25, 0.3) is 0 Å². The average molecular weight is 215 g/mol. The van der Waals surface area contributed by atoms with E-state index in [0.29, 0.717) is 11.5 Å². The molecule has 0 spiro atoms. The number of rotatable bonds is 4. The van der Waals surface area contributed by atoms with Crippen molar-refractivity contribution in [3.63, 3.8) is 0 Å². The molecule has 0 radical (unpaired) electrons. The van der Waals surface area contributed by atoms with Gasteiger partial charge >= 0.3 is 0 Å². The number of nitrogens with two attached hydrogens (primary N) is 1. The minimum atomic E-state index is 0.201. The molecular formula is C9H17N3OS. The lowest BCUT2D eigenvalue weighted by Crippen LogP contribution is -2.48.